The van der Waals surface area contributed by atoms with Crippen molar-refractivity contribution in [2.24, 2.45) is 5.92 Å². The van der Waals surface area contributed by atoms with Crippen molar-refractivity contribution in [2.45, 2.75) is 44.7 Å². The van der Waals surface area contributed by atoms with Crippen LogP contribution in [-0.4, -0.2) is 29.9 Å². The molecule has 3 nitrogen and oxygen atoms in total. The van der Waals surface area contributed by atoms with Crippen LogP contribution in [-0.2, 0) is 11.3 Å². The van der Waals surface area contributed by atoms with Gasteiger partial charge in [-0.3, -0.25) is 9.69 Å². The van der Waals surface area contributed by atoms with Crippen LogP contribution < -0.4 is 5.32 Å². The zero-order valence-corrected chi connectivity index (χ0v) is 16.1. The summed E-state index contributed by atoms with van der Waals surface area (Å²) < 4.78 is 26.9. The minimum atomic E-state index is -0.247. The van der Waals surface area contributed by atoms with Crippen LogP contribution in [0.15, 0.2) is 42.5 Å². The monoisotopic (exact) mass is 384 g/mol. The molecule has 1 saturated heterocycles. The molecule has 2 aromatic rings. The maximum atomic E-state index is 13.7. The highest BCUT2D eigenvalue weighted by molar-refractivity contribution is 5.79. The molecular formula is C23H26F2N2O. The van der Waals surface area contributed by atoms with E-state index in [4.69, 9.17) is 0 Å². The van der Waals surface area contributed by atoms with E-state index in [1.54, 1.807) is 19.1 Å². The summed E-state index contributed by atoms with van der Waals surface area (Å²) in [6, 6.07) is 12.1. The van der Waals surface area contributed by atoms with Crippen molar-refractivity contribution in [1.82, 2.24) is 10.2 Å². The lowest BCUT2D eigenvalue weighted by atomic mass is 9.83. The summed E-state index contributed by atoms with van der Waals surface area (Å²) >= 11 is 0. The second-order valence-electron chi connectivity index (χ2n) is 8.24. The van der Waals surface area contributed by atoms with Crippen molar-refractivity contribution >= 4 is 5.91 Å². The highest BCUT2D eigenvalue weighted by Crippen LogP contribution is 2.33. The number of rotatable bonds is 5. The van der Waals surface area contributed by atoms with Crippen molar-refractivity contribution in [1.29, 1.82) is 0 Å². The van der Waals surface area contributed by atoms with Gasteiger partial charge in [0.15, 0.2) is 0 Å². The van der Waals surface area contributed by atoms with E-state index in [1.807, 2.05) is 12.1 Å². The number of benzene rings is 2. The quantitative estimate of drug-likeness (QED) is 0.840. The first kappa shape index (κ1) is 19.1. The highest BCUT2D eigenvalue weighted by atomic mass is 19.1. The summed E-state index contributed by atoms with van der Waals surface area (Å²) in [4.78, 5) is 15.0. The van der Waals surface area contributed by atoms with Crippen molar-refractivity contribution in [3.63, 3.8) is 0 Å². The van der Waals surface area contributed by atoms with Crippen molar-refractivity contribution in [2.75, 3.05) is 13.1 Å². The number of hydrogen-bond donors (Lipinski definition) is 1. The number of carbonyl (C=O) groups is 1. The lowest BCUT2D eigenvalue weighted by Gasteiger charge is -2.37. The Balaban J connectivity index is 1.53. The normalized spacial score (nSPS) is 22.8. The average Bonchev–Trinajstić information content (AvgIpc) is 3.49. The molecule has 0 bridgehead atoms. The van der Waals surface area contributed by atoms with E-state index in [2.05, 4.69) is 10.2 Å². The van der Waals surface area contributed by atoms with E-state index in [-0.39, 0.29) is 29.4 Å². The van der Waals surface area contributed by atoms with Crippen LogP contribution in [0.4, 0.5) is 8.78 Å². The number of hydrogen-bond acceptors (Lipinski definition) is 2. The van der Waals surface area contributed by atoms with Crippen LogP contribution in [0.25, 0.3) is 0 Å². The zero-order valence-electron chi connectivity index (χ0n) is 16.1. The Kier molecular flexibility index (Phi) is 5.44. The van der Waals surface area contributed by atoms with Gasteiger partial charge in [0.05, 0.1) is 5.92 Å². The van der Waals surface area contributed by atoms with E-state index >= 15 is 0 Å². The predicted octanol–water partition coefficient (Wildman–Crippen LogP) is 4.16. The fourth-order valence-electron chi connectivity index (χ4n) is 4.07. The number of amides is 1. The number of piperidine rings is 1. The molecular weight excluding hydrogens is 358 g/mol. The fourth-order valence-corrected chi connectivity index (χ4v) is 4.07. The Morgan fingerprint density at radius 2 is 1.86 bits per heavy atom. The molecule has 1 aliphatic carbocycles. The molecule has 1 amide bonds. The van der Waals surface area contributed by atoms with Gasteiger partial charge in [-0.15, -0.1) is 0 Å². The third-order valence-electron chi connectivity index (χ3n) is 5.79. The molecule has 148 valence electrons. The number of nitrogens with one attached hydrogen (secondary N) is 1. The molecule has 0 radical (unpaired) electrons. The number of likely N-dealkylation sites (tertiary alicyclic amines) is 1. The topological polar surface area (TPSA) is 32.3 Å². The van der Waals surface area contributed by atoms with Gasteiger partial charge < -0.3 is 5.32 Å². The van der Waals surface area contributed by atoms with Gasteiger partial charge in [0, 0.05) is 25.7 Å². The Bertz CT molecular complexity index is 848. The second-order valence-corrected chi connectivity index (χ2v) is 8.24. The summed E-state index contributed by atoms with van der Waals surface area (Å²) in [5.41, 5.74) is 2.73. The second kappa shape index (κ2) is 8.00. The maximum Gasteiger partial charge on any atom is 0.224 e. The minimum absolute atomic E-state index is 0.0924. The van der Waals surface area contributed by atoms with Crippen molar-refractivity contribution in [3.8, 4) is 0 Å². The fraction of sp³-hybridized carbons (Fsp3) is 0.435. The first-order valence-corrected chi connectivity index (χ1v) is 10.0. The molecule has 5 heteroatoms. The summed E-state index contributed by atoms with van der Waals surface area (Å²) in [6.07, 6.45) is 2.90. The number of nitrogens with zero attached hydrogens (tertiary/aromatic N) is 1. The van der Waals surface area contributed by atoms with Crippen molar-refractivity contribution in [3.05, 3.63) is 70.8 Å². The maximum absolute atomic E-state index is 13.7. The Morgan fingerprint density at radius 1 is 1.11 bits per heavy atom. The molecule has 28 heavy (non-hydrogen) atoms. The molecule has 1 N–H and O–H groups in total. The number of aryl methyl sites for hydroxylation is 1. The third kappa shape index (κ3) is 4.58. The Morgan fingerprint density at radius 3 is 2.54 bits per heavy atom. The number of carbonyl (C=O) groups excluding carboxylic acids is 1. The largest absolute Gasteiger partial charge is 0.353 e. The summed E-state index contributed by atoms with van der Waals surface area (Å²) in [6.45, 7) is 3.93. The smallest absolute Gasteiger partial charge is 0.224 e. The van der Waals surface area contributed by atoms with E-state index in [1.165, 1.54) is 18.2 Å². The van der Waals surface area contributed by atoms with Gasteiger partial charge in [-0.05, 0) is 67.0 Å². The van der Waals surface area contributed by atoms with E-state index < -0.39 is 0 Å². The highest BCUT2D eigenvalue weighted by Gasteiger charge is 2.34. The van der Waals surface area contributed by atoms with Crippen LogP contribution in [0.1, 0.15) is 41.9 Å². The van der Waals surface area contributed by atoms with Crippen LogP contribution in [0.5, 0.6) is 0 Å². The molecule has 0 spiro atoms. The lowest BCUT2D eigenvalue weighted by molar-refractivity contribution is -0.127. The predicted molar refractivity (Wildman–Crippen MR) is 105 cm³/mol. The zero-order chi connectivity index (χ0) is 19.7. The van der Waals surface area contributed by atoms with Gasteiger partial charge in [0.2, 0.25) is 5.91 Å². The van der Waals surface area contributed by atoms with Crippen LogP contribution >= 0.6 is 0 Å². The van der Waals surface area contributed by atoms with Gasteiger partial charge >= 0.3 is 0 Å². The molecule has 2 aliphatic rings. The average molecular weight is 384 g/mol. The van der Waals surface area contributed by atoms with E-state index in [9.17, 15) is 13.6 Å². The summed E-state index contributed by atoms with van der Waals surface area (Å²) in [7, 11) is 0. The molecule has 2 atom stereocenters. The van der Waals surface area contributed by atoms with Crippen LogP contribution in [0, 0.1) is 24.5 Å². The van der Waals surface area contributed by atoms with E-state index in [0.29, 0.717) is 24.7 Å². The number of halogens is 2. The van der Waals surface area contributed by atoms with Gasteiger partial charge in [0.25, 0.3) is 0 Å². The lowest BCUT2D eigenvalue weighted by Crippen LogP contribution is -2.45. The van der Waals surface area contributed by atoms with E-state index in [0.717, 1.165) is 36.9 Å². The van der Waals surface area contributed by atoms with Gasteiger partial charge in [-0.1, -0.05) is 24.3 Å². The third-order valence-corrected chi connectivity index (χ3v) is 5.79. The minimum Gasteiger partial charge on any atom is -0.353 e. The molecule has 0 unspecified atom stereocenters. The van der Waals surface area contributed by atoms with Crippen LogP contribution in [0.2, 0.25) is 0 Å². The summed E-state index contributed by atoms with van der Waals surface area (Å²) in [5, 5.41) is 3.13. The molecule has 1 saturated carbocycles. The summed E-state index contributed by atoms with van der Waals surface area (Å²) in [5.74, 6) is -0.252. The molecule has 2 aromatic carbocycles. The Labute approximate surface area is 164 Å². The molecule has 1 aliphatic heterocycles. The molecule has 4 rings (SSSR count). The standard InChI is InChI=1S/C23H26F2N2O/c1-15-10-17(4-9-22(15)25)18-11-19(23(28)26-21-7-8-21)14-27(13-18)12-16-2-5-20(24)6-3-16/h2-6,9-10,18-19,21H,7-8,11-14H2,1H3,(H,26,28)/t18-,19-/m1/s1. The van der Waals surface area contributed by atoms with Gasteiger partial charge in [-0.25, -0.2) is 8.78 Å². The Hall–Kier alpha value is -2.27. The first-order chi connectivity index (χ1) is 13.5. The van der Waals surface area contributed by atoms with Gasteiger partial charge in [0.1, 0.15) is 11.6 Å². The van der Waals surface area contributed by atoms with Crippen molar-refractivity contribution < 1.29 is 13.6 Å². The molecule has 1 heterocycles. The molecule has 2 fully saturated rings. The van der Waals surface area contributed by atoms with Gasteiger partial charge in [-0.2, -0.15) is 0 Å². The first-order valence-electron chi connectivity index (χ1n) is 10.0. The van der Waals surface area contributed by atoms with Crippen LogP contribution in [0.3, 0.4) is 0 Å². The SMILES string of the molecule is Cc1cc([C@@H]2C[C@@H](C(=O)NC3CC3)CN(Cc3ccc(F)cc3)C2)ccc1F. The molecule has 0 aromatic heterocycles.